The molecule has 0 aliphatic carbocycles. The monoisotopic (exact) mass is 562 g/mol. The average Bonchev–Trinajstić information content (AvgIpc) is 2.23. The van der Waals surface area contributed by atoms with Crippen molar-refractivity contribution in [2.24, 2.45) is 0 Å². The van der Waals surface area contributed by atoms with Crippen molar-refractivity contribution in [3.8, 4) is 0 Å². The molecular weight excluding hydrogens is 562 g/mol. The van der Waals surface area contributed by atoms with Crippen LogP contribution in [-0.4, -0.2) is 0 Å². The van der Waals surface area contributed by atoms with E-state index < -0.39 is 52.1 Å². The number of rotatable bonds is 0. The van der Waals surface area contributed by atoms with Gasteiger partial charge in [-0.25, -0.2) is 0 Å². The van der Waals surface area contributed by atoms with Crippen LogP contribution in [0.15, 0.2) is 0 Å². The van der Waals surface area contributed by atoms with Crippen molar-refractivity contribution in [2.45, 2.75) is 0 Å². The van der Waals surface area contributed by atoms with Gasteiger partial charge >= 0.3 is 21.1 Å². The Kier molecular flexibility index (Phi) is 281. The van der Waals surface area contributed by atoms with Gasteiger partial charge in [0.15, 0.2) is 0 Å². The molecule has 0 spiro atoms. The van der Waals surface area contributed by atoms with Crippen LogP contribution in [-0.2, 0) is 48.5 Å². The van der Waals surface area contributed by atoms with E-state index in [1.165, 1.54) is 0 Å². The van der Waals surface area contributed by atoms with Crippen molar-refractivity contribution in [2.75, 3.05) is 0 Å². The molecule has 0 bridgehead atoms. The van der Waals surface area contributed by atoms with Crippen molar-refractivity contribution in [1.29, 1.82) is 0 Å². The van der Waals surface area contributed by atoms with Crippen LogP contribution in [0.1, 0.15) is 0 Å². The van der Waals surface area contributed by atoms with Crippen LogP contribution in [0.2, 0.25) is 0 Å². The summed E-state index contributed by atoms with van der Waals surface area (Å²) >= 11 is 0. The third-order valence-corrected chi connectivity index (χ3v) is 0. The standard InChI is InChI=1S/6HO2P.W/c6*1-3-2;/h6*(H,1,2);/q;;;;;;+6/p-6. The molecule has 19 heteroatoms. The first-order chi connectivity index (χ1) is 8.49. The normalized spacial score (nSPS) is 6.63. The summed E-state index contributed by atoms with van der Waals surface area (Å²) in [5, 5.41) is 0. The zero-order valence-corrected chi connectivity index (χ0v) is 16.3. The zero-order valence-electron chi connectivity index (χ0n) is 7.99. The maximum Gasteiger partial charge on any atom is 6.00 e. The van der Waals surface area contributed by atoms with E-state index >= 15 is 0 Å². The molecule has 0 saturated heterocycles. The molecule has 19 heavy (non-hydrogen) atoms. The Hall–Kier alpha value is 1.05. The second kappa shape index (κ2) is 125. The second-order valence-electron chi connectivity index (χ2n) is 0.447. The first-order valence-corrected chi connectivity index (χ1v) is 6.57. The third kappa shape index (κ3) is 5040. The SMILES string of the molecule is O=P[O-].O=P[O-].O=P[O-].O=P[O-].O=P[O-].O=P[O-].[W+6]. The molecule has 0 aromatic carbocycles. The molecule has 0 N–H and O–H groups in total. The van der Waals surface area contributed by atoms with Gasteiger partial charge in [-0.15, -0.1) is 0 Å². The Morgan fingerprint density at radius 3 is 0.368 bits per heavy atom. The second-order valence-corrected chi connectivity index (χ2v) is 1.34. The van der Waals surface area contributed by atoms with Gasteiger partial charge in [0.2, 0.25) is 0 Å². The Morgan fingerprint density at radius 1 is 0.368 bits per heavy atom. The Bertz CT molecular complexity index is 114. The summed E-state index contributed by atoms with van der Waals surface area (Å²) in [4.78, 5) is 50.1. The van der Waals surface area contributed by atoms with Crippen molar-refractivity contribution in [1.82, 2.24) is 0 Å². The van der Waals surface area contributed by atoms with Gasteiger partial charge < -0.3 is 29.4 Å². The third-order valence-electron chi connectivity index (χ3n) is 0. The van der Waals surface area contributed by atoms with Gasteiger partial charge in [-0.1, -0.05) is 0 Å². The van der Waals surface area contributed by atoms with Gasteiger partial charge in [0.1, 0.15) is 0 Å². The molecule has 12 nitrogen and oxygen atoms in total. The zero-order chi connectivity index (χ0) is 16.2. The van der Waals surface area contributed by atoms with Gasteiger partial charge in [-0.05, 0) is 0 Å². The van der Waals surface area contributed by atoms with Crippen LogP contribution in [0.3, 0.4) is 0 Å². The molecule has 0 amide bonds. The van der Waals surface area contributed by atoms with Crippen LogP contribution in [0, 0.1) is 0 Å². The van der Waals surface area contributed by atoms with E-state index in [-0.39, 0.29) is 21.1 Å². The Morgan fingerprint density at radius 2 is 0.368 bits per heavy atom. The minimum atomic E-state index is -1.08. The molecule has 0 saturated carbocycles. The van der Waals surface area contributed by atoms with E-state index in [1.807, 2.05) is 0 Å². The maximum atomic E-state index is 8.35. The van der Waals surface area contributed by atoms with E-state index in [2.05, 4.69) is 0 Å². The molecule has 0 aromatic heterocycles. The first kappa shape index (κ1) is 42.7. The largest absolute Gasteiger partial charge is 6.00 e. The Labute approximate surface area is 130 Å². The van der Waals surface area contributed by atoms with E-state index in [9.17, 15) is 0 Å². The fourth-order valence-corrected chi connectivity index (χ4v) is 0. The summed E-state index contributed by atoms with van der Waals surface area (Å²) in [5.41, 5.74) is 0. The molecule has 0 atom stereocenters. The predicted molar refractivity (Wildman–Crippen MR) is 45.6 cm³/mol. The topological polar surface area (TPSA) is 241 Å². The molecule has 108 valence electrons. The fraction of sp³-hybridized carbons (Fsp3) is 0. The summed E-state index contributed by atoms with van der Waals surface area (Å²) in [6.07, 6.45) is 0. The minimum Gasteiger partial charge on any atom is -0.772 e. The van der Waals surface area contributed by atoms with Crippen molar-refractivity contribution in [3.05, 3.63) is 0 Å². The minimum absolute atomic E-state index is 0. The van der Waals surface area contributed by atoms with Crippen LogP contribution in [0.5, 0.6) is 0 Å². The summed E-state index contributed by atoms with van der Waals surface area (Å²) < 4.78 is 50.1. The quantitative estimate of drug-likeness (QED) is 0.275. The van der Waals surface area contributed by atoms with Gasteiger partial charge in [-0.3, -0.25) is 27.4 Å². The molecule has 0 aliphatic rings. The van der Waals surface area contributed by atoms with E-state index in [0.717, 1.165) is 0 Å². The molecule has 0 aromatic rings. The summed E-state index contributed by atoms with van der Waals surface area (Å²) in [6.45, 7) is 0. The van der Waals surface area contributed by atoms with Crippen molar-refractivity contribution in [3.63, 3.8) is 0 Å². The molecule has 0 fully saturated rings. The summed E-state index contributed by atoms with van der Waals surface area (Å²) in [5.74, 6) is 0. The van der Waals surface area contributed by atoms with Crippen molar-refractivity contribution < 1.29 is 77.8 Å². The smallest absolute Gasteiger partial charge is 0.772 e. The van der Waals surface area contributed by atoms with E-state index in [4.69, 9.17) is 56.8 Å². The summed E-state index contributed by atoms with van der Waals surface area (Å²) in [7, 11) is -6.50. The van der Waals surface area contributed by atoms with Gasteiger partial charge in [-0.2, -0.15) is 0 Å². The fourth-order valence-electron chi connectivity index (χ4n) is 0. The Balaban J connectivity index is -0.0000000180. The first-order valence-electron chi connectivity index (χ1n) is 2.19. The maximum absolute atomic E-state index is 8.35. The van der Waals surface area contributed by atoms with E-state index in [1.54, 1.807) is 0 Å². The average molecular weight is 562 g/mol. The van der Waals surface area contributed by atoms with Crippen LogP contribution < -0.4 is 29.4 Å². The number of hydrogen-bond acceptors (Lipinski definition) is 12. The molecule has 0 aliphatic heterocycles. The predicted octanol–water partition coefficient (Wildman–Crippen LogP) is -2.68. The number of hydrogen-bond donors (Lipinski definition) is 0. The molecule has 0 unspecified atom stereocenters. The molecule has 0 rings (SSSR count). The van der Waals surface area contributed by atoms with Gasteiger partial charge in [0.05, 0.1) is 52.1 Å². The molecule has 0 radical (unpaired) electrons. The van der Waals surface area contributed by atoms with E-state index in [0.29, 0.717) is 0 Å². The molecule has 0 heterocycles. The van der Waals surface area contributed by atoms with Crippen LogP contribution in [0.25, 0.3) is 0 Å². The van der Waals surface area contributed by atoms with Crippen molar-refractivity contribution >= 4 is 52.1 Å². The van der Waals surface area contributed by atoms with Crippen LogP contribution in [0.4, 0.5) is 0 Å². The van der Waals surface area contributed by atoms with Gasteiger partial charge in [0.25, 0.3) is 0 Å². The summed E-state index contributed by atoms with van der Waals surface area (Å²) in [6, 6.07) is 0. The van der Waals surface area contributed by atoms with Crippen LogP contribution >= 0.6 is 52.1 Å². The molecular formula is O12P6W. The van der Waals surface area contributed by atoms with Gasteiger partial charge in [0, 0.05) is 0 Å².